The lowest BCUT2D eigenvalue weighted by molar-refractivity contribution is -0.132. The number of carbonyl (C=O) groups is 1. The molecule has 3 nitrogen and oxygen atoms in total. The fourth-order valence-corrected chi connectivity index (χ4v) is 4.51. The number of likely N-dealkylation sites (N-methyl/N-ethyl adjacent to an activating group) is 1. The summed E-state index contributed by atoms with van der Waals surface area (Å²) in [4.78, 5) is 17.3. The van der Waals surface area contributed by atoms with Crippen LogP contribution in [0.15, 0.2) is 54.6 Å². The van der Waals surface area contributed by atoms with E-state index in [0.29, 0.717) is 12.5 Å². The van der Waals surface area contributed by atoms with Crippen LogP contribution in [-0.2, 0) is 11.2 Å². The average molecular weight is 369 g/mol. The summed E-state index contributed by atoms with van der Waals surface area (Å²) in [5, 5.41) is 0. The van der Waals surface area contributed by atoms with Crippen molar-refractivity contribution >= 4 is 17.7 Å². The summed E-state index contributed by atoms with van der Waals surface area (Å²) in [6.07, 6.45) is 1.58. The first-order chi connectivity index (χ1) is 12.6. The molecule has 1 saturated heterocycles. The van der Waals surface area contributed by atoms with Gasteiger partial charge in [-0.3, -0.25) is 4.79 Å². The van der Waals surface area contributed by atoms with Crippen LogP contribution >= 0.6 is 11.8 Å². The van der Waals surface area contributed by atoms with E-state index in [0.717, 1.165) is 36.6 Å². The van der Waals surface area contributed by atoms with E-state index in [1.165, 1.54) is 11.1 Å². The highest BCUT2D eigenvalue weighted by molar-refractivity contribution is 7.99. The molecule has 1 fully saturated rings. The van der Waals surface area contributed by atoms with Gasteiger partial charge in [-0.15, -0.1) is 0 Å². The molecule has 0 bridgehead atoms. The predicted molar refractivity (Wildman–Crippen MR) is 112 cm³/mol. The normalized spacial score (nSPS) is 18.0. The first-order valence-electron chi connectivity index (χ1n) is 9.30. The number of nitrogens with zero attached hydrogens (tertiary/aromatic N) is 2. The minimum Gasteiger partial charge on any atom is -0.337 e. The summed E-state index contributed by atoms with van der Waals surface area (Å²) >= 11 is 1.97. The van der Waals surface area contributed by atoms with Crippen LogP contribution in [0.1, 0.15) is 12.0 Å². The Hall–Kier alpha value is -1.78. The van der Waals surface area contributed by atoms with Crippen molar-refractivity contribution in [3.63, 3.8) is 0 Å². The van der Waals surface area contributed by atoms with Gasteiger partial charge in [-0.1, -0.05) is 54.6 Å². The Balaban J connectivity index is 1.67. The molecule has 0 aromatic heterocycles. The number of hydrogen-bond acceptors (Lipinski definition) is 3. The molecular formula is C22H28N2OS. The van der Waals surface area contributed by atoms with E-state index in [1.807, 2.05) is 17.8 Å². The molecule has 1 amide bonds. The van der Waals surface area contributed by atoms with E-state index in [9.17, 15) is 4.79 Å². The molecule has 0 spiro atoms. The minimum absolute atomic E-state index is 0.256. The summed E-state index contributed by atoms with van der Waals surface area (Å²) in [7, 11) is 4.17. The van der Waals surface area contributed by atoms with Gasteiger partial charge in [0.05, 0.1) is 12.5 Å². The summed E-state index contributed by atoms with van der Waals surface area (Å²) in [6.45, 7) is 1.82. The largest absolute Gasteiger partial charge is 0.337 e. The second-order valence-corrected chi connectivity index (χ2v) is 8.32. The van der Waals surface area contributed by atoms with Crippen molar-refractivity contribution in [3.05, 3.63) is 60.2 Å². The molecule has 3 rings (SSSR count). The molecule has 138 valence electrons. The first kappa shape index (κ1) is 19.0. The average Bonchev–Trinajstić information content (AvgIpc) is 2.88. The molecule has 0 radical (unpaired) electrons. The second-order valence-electron chi connectivity index (χ2n) is 7.17. The van der Waals surface area contributed by atoms with Gasteiger partial charge in [0.1, 0.15) is 0 Å². The smallest absolute Gasteiger partial charge is 0.227 e. The maximum atomic E-state index is 13.0. The third kappa shape index (κ3) is 5.12. The van der Waals surface area contributed by atoms with Gasteiger partial charge >= 0.3 is 0 Å². The Labute approximate surface area is 161 Å². The predicted octanol–water partition coefficient (Wildman–Crippen LogP) is 3.79. The Morgan fingerprint density at radius 3 is 2.46 bits per heavy atom. The van der Waals surface area contributed by atoms with Crippen LogP contribution in [-0.4, -0.2) is 60.4 Å². The van der Waals surface area contributed by atoms with E-state index < -0.39 is 0 Å². The third-order valence-electron chi connectivity index (χ3n) is 4.75. The maximum Gasteiger partial charge on any atom is 0.227 e. The van der Waals surface area contributed by atoms with E-state index >= 15 is 0 Å². The summed E-state index contributed by atoms with van der Waals surface area (Å²) in [5.74, 6) is 2.45. The fraction of sp³-hybridized carbons (Fsp3) is 0.409. The van der Waals surface area contributed by atoms with Gasteiger partial charge in [-0.05, 0) is 43.0 Å². The molecule has 26 heavy (non-hydrogen) atoms. The number of rotatable bonds is 5. The highest BCUT2D eigenvalue weighted by Crippen LogP contribution is 2.21. The van der Waals surface area contributed by atoms with Crippen molar-refractivity contribution in [2.75, 3.05) is 38.7 Å². The molecule has 0 saturated carbocycles. The van der Waals surface area contributed by atoms with Crippen LogP contribution in [0.25, 0.3) is 11.1 Å². The zero-order chi connectivity index (χ0) is 18.4. The standard InChI is InChI=1S/C22H28N2OS/c1-23(2)16-21-17-26-14-6-13-24(21)22(25)15-18-9-11-20(12-10-18)19-7-4-3-5-8-19/h3-5,7-12,21H,6,13-17H2,1-2H3. The van der Waals surface area contributed by atoms with Crippen molar-refractivity contribution < 1.29 is 4.79 Å². The van der Waals surface area contributed by atoms with Crippen LogP contribution in [0.5, 0.6) is 0 Å². The van der Waals surface area contributed by atoms with Crippen molar-refractivity contribution in [1.82, 2.24) is 9.80 Å². The molecule has 0 aliphatic carbocycles. The Morgan fingerprint density at radius 1 is 1.08 bits per heavy atom. The van der Waals surface area contributed by atoms with Gasteiger partial charge in [0.15, 0.2) is 0 Å². The molecule has 2 aromatic carbocycles. The lowest BCUT2D eigenvalue weighted by Gasteiger charge is -2.32. The van der Waals surface area contributed by atoms with Crippen molar-refractivity contribution in [2.24, 2.45) is 0 Å². The van der Waals surface area contributed by atoms with E-state index in [-0.39, 0.29) is 5.91 Å². The van der Waals surface area contributed by atoms with Crippen LogP contribution < -0.4 is 0 Å². The molecule has 1 aliphatic rings. The molecule has 1 heterocycles. The van der Waals surface area contributed by atoms with Gasteiger partial charge < -0.3 is 9.80 Å². The topological polar surface area (TPSA) is 23.6 Å². The van der Waals surface area contributed by atoms with Crippen molar-refractivity contribution in [2.45, 2.75) is 18.9 Å². The van der Waals surface area contributed by atoms with E-state index in [1.54, 1.807) is 0 Å². The third-order valence-corrected chi connectivity index (χ3v) is 5.95. The Morgan fingerprint density at radius 2 is 1.77 bits per heavy atom. The van der Waals surface area contributed by atoms with Gasteiger partial charge in [0, 0.05) is 18.8 Å². The number of benzene rings is 2. The monoisotopic (exact) mass is 368 g/mol. The molecule has 0 N–H and O–H groups in total. The zero-order valence-electron chi connectivity index (χ0n) is 15.7. The molecule has 1 unspecified atom stereocenters. The van der Waals surface area contributed by atoms with Gasteiger partial charge in [-0.25, -0.2) is 0 Å². The fourth-order valence-electron chi connectivity index (χ4n) is 3.45. The van der Waals surface area contributed by atoms with Gasteiger partial charge in [0.2, 0.25) is 5.91 Å². The lowest BCUT2D eigenvalue weighted by Crippen LogP contribution is -2.47. The highest BCUT2D eigenvalue weighted by atomic mass is 32.2. The van der Waals surface area contributed by atoms with E-state index in [2.05, 4.69) is 72.4 Å². The highest BCUT2D eigenvalue weighted by Gasteiger charge is 2.26. The minimum atomic E-state index is 0.256. The SMILES string of the molecule is CN(C)CC1CSCCCN1C(=O)Cc1ccc(-c2ccccc2)cc1. The number of carbonyl (C=O) groups excluding carboxylic acids is 1. The van der Waals surface area contributed by atoms with Crippen LogP contribution in [0.2, 0.25) is 0 Å². The number of amides is 1. The van der Waals surface area contributed by atoms with Crippen LogP contribution in [0.3, 0.4) is 0 Å². The molecule has 2 aromatic rings. The van der Waals surface area contributed by atoms with Crippen molar-refractivity contribution in [3.8, 4) is 11.1 Å². The Bertz CT molecular complexity index is 700. The maximum absolute atomic E-state index is 13.0. The number of hydrogen-bond donors (Lipinski definition) is 0. The zero-order valence-corrected chi connectivity index (χ0v) is 16.5. The van der Waals surface area contributed by atoms with Crippen molar-refractivity contribution in [1.29, 1.82) is 0 Å². The van der Waals surface area contributed by atoms with Crippen LogP contribution in [0.4, 0.5) is 0 Å². The summed E-state index contributed by atoms with van der Waals surface area (Å²) < 4.78 is 0. The molecule has 1 atom stereocenters. The molecule has 1 aliphatic heterocycles. The quantitative estimate of drug-likeness (QED) is 0.802. The molecular weight excluding hydrogens is 340 g/mol. The Kier molecular flexibility index (Phi) is 6.75. The summed E-state index contributed by atoms with van der Waals surface area (Å²) in [5.41, 5.74) is 3.50. The van der Waals surface area contributed by atoms with E-state index in [4.69, 9.17) is 0 Å². The number of thioether (sulfide) groups is 1. The summed E-state index contributed by atoms with van der Waals surface area (Å²) in [6, 6.07) is 19.1. The van der Waals surface area contributed by atoms with Crippen LogP contribution in [0, 0.1) is 0 Å². The second kappa shape index (κ2) is 9.24. The lowest BCUT2D eigenvalue weighted by atomic mass is 10.0. The van der Waals surface area contributed by atoms with Gasteiger partial charge in [0.25, 0.3) is 0 Å². The molecule has 4 heteroatoms. The van der Waals surface area contributed by atoms with Gasteiger partial charge in [-0.2, -0.15) is 11.8 Å². The first-order valence-corrected chi connectivity index (χ1v) is 10.5.